The second kappa shape index (κ2) is 14.3. The molecule has 0 amide bonds. The summed E-state index contributed by atoms with van der Waals surface area (Å²) in [5.74, 6) is -0.0929. The zero-order valence-electron chi connectivity index (χ0n) is 16.6. The van der Waals surface area contributed by atoms with Gasteiger partial charge in [-0.3, -0.25) is 9.79 Å². The summed E-state index contributed by atoms with van der Waals surface area (Å²) in [5.41, 5.74) is 8.43. The number of halogens is 1. The van der Waals surface area contributed by atoms with Crippen molar-refractivity contribution in [3.05, 3.63) is 84.2 Å². The van der Waals surface area contributed by atoms with Gasteiger partial charge in [0.05, 0.1) is 6.61 Å². The van der Waals surface area contributed by atoms with Gasteiger partial charge in [-0.1, -0.05) is 43.5 Å². The molecule has 0 fully saturated rings. The first-order chi connectivity index (χ1) is 14.1. The number of Topliss-reactive ketones (excluding diaryl/α,β-unsaturated/α-hetero) is 1. The van der Waals surface area contributed by atoms with Gasteiger partial charge in [0.25, 0.3) is 0 Å². The molecule has 0 radical (unpaired) electrons. The number of nitrogens with two attached hydrogens (primary N) is 1. The number of alkyl halides is 1. The molecule has 1 aliphatic carbocycles. The van der Waals surface area contributed by atoms with Crippen LogP contribution in [0.2, 0.25) is 0 Å². The monoisotopic (exact) mass is 400 g/mol. The number of allylic oxidation sites excluding steroid dienone is 8. The minimum atomic E-state index is -1.19. The molecular weight excluding hydrogens is 371 g/mol. The SMILES string of the molecule is C=CN=C/C=C/CC(=O)/C(C=C)=C/C(=C/CN)C1=CC(C(O)OCCF)=CCC1. The Balaban J connectivity index is 3.02. The summed E-state index contributed by atoms with van der Waals surface area (Å²) in [6.07, 6.45) is 15.5. The van der Waals surface area contributed by atoms with Crippen LogP contribution in [0, 0.1) is 0 Å². The number of hydrogen-bond acceptors (Lipinski definition) is 5. The lowest BCUT2D eigenvalue weighted by Gasteiger charge is -2.19. The first-order valence-corrected chi connectivity index (χ1v) is 9.40. The summed E-state index contributed by atoms with van der Waals surface area (Å²) in [6, 6.07) is 0. The highest BCUT2D eigenvalue weighted by atomic mass is 19.1. The van der Waals surface area contributed by atoms with E-state index < -0.39 is 13.0 Å². The molecule has 1 unspecified atom stereocenters. The summed E-state index contributed by atoms with van der Waals surface area (Å²) in [6.45, 7) is 6.66. The van der Waals surface area contributed by atoms with Gasteiger partial charge in [-0.25, -0.2) is 4.39 Å². The number of carbonyl (C=O) groups is 1. The van der Waals surface area contributed by atoms with Crippen LogP contribution in [0.1, 0.15) is 19.3 Å². The number of aliphatic imine (C=N–C) groups is 1. The normalized spacial score (nSPS) is 16.7. The Morgan fingerprint density at radius 1 is 1.45 bits per heavy atom. The molecule has 5 nitrogen and oxygen atoms in total. The van der Waals surface area contributed by atoms with Crippen molar-refractivity contribution in [1.29, 1.82) is 0 Å². The second-order valence-corrected chi connectivity index (χ2v) is 6.06. The highest BCUT2D eigenvalue weighted by Crippen LogP contribution is 2.27. The van der Waals surface area contributed by atoms with Crippen molar-refractivity contribution >= 4 is 12.0 Å². The Labute approximate surface area is 171 Å². The Bertz CT molecular complexity index is 758. The van der Waals surface area contributed by atoms with E-state index in [9.17, 15) is 14.3 Å². The minimum absolute atomic E-state index is 0.0929. The number of nitrogens with zero attached hydrogens (tertiary/aromatic N) is 1. The average Bonchev–Trinajstić information content (AvgIpc) is 2.74. The molecule has 1 atom stereocenters. The molecule has 1 aliphatic rings. The number of aliphatic hydroxyl groups is 1. The zero-order valence-corrected chi connectivity index (χ0v) is 16.6. The van der Waals surface area contributed by atoms with Gasteiger partial charge in [-0.05, 0) is 36.1 Å². The second-order valence-electron chi connectivity index (χ2n) is 6.06. The fraction of sp³-hybridized carbons (Fsp3) is 0.304. The minimum Gasteiger partial charge on any atom is -0.364 e. The molecule has 0 heterocycles. The highest BCUT2D eigenvalue weighted by molar-refractivity contribution is 5.99. The lowest BCUT2D eigenvalue weighted by molar-refractivity contribution is -0.114. The van der Waals surface area contributed by atoms with Gasteiger partial charge in [0.2, 0.25) is 0 Å². The predicted molar refractivity (Wildman–Crippen MR) is 116 cm³/mol. The number of carbonyl (C=O) groups excluding carboxylic acids is 1. The number of hydrogen-bond donors (Lipinski definition) is 2. The van der Waals surface area contributed by atoms with Gasteiger partial charge >= 0.3 is 0 Å². The fourth-order valence-electron chi connectivity index (χ4n) is 2.67. The van der Waals surface area contributed by atoms with Crippen molar-refractivity contribution in [2.75, 3.05) is 19.8 Å². The molecule has 3 N–H and O–H groups in total. The lowest BCUT2D eigenvalue weighted by atomic mass is 9.91. The van der Waals surface area contributed by atoms with Crippen molar-refractivity contribution < 1.29 is 19.0 Å². The van der Waals surface area contributed by atoms with Gasteiger partial charge in [-0.2, -0.15) is 0 Å². The summed E-state index contributed by atoms with van der Waals surface area (Å²) in [4.78, 5) is 16.3. The number of ketones is 1. The van der Waals surface area contributed by atoms with Crippen LogP contribution in [0.4, 0.5) is 4.39 Å². The van der Waals surface area contributed by atoms with Crippen LogP contribution in [-0.4, -0.2) is 43.2 Å². The molecular formula is C23H29FN2O3. The molecule has 0 aromatic heterocycles. The van der Waals surface area contributed by atoms with E-state index in [1.807, 2.05) is 12.2 Å². The van der Waals surface area contributed by atoms with Crippen molar-refractivity contribution in [2.45, 2.75) is 25.6 Å². The average molecular weight is 400 g/mol. The standard InChI is InChI=1S/C23H29FN2O3/c1-3-18(22(27)10-5-6-14-26-4-2)16-20(11-13-25)19-8-7-9-21(17-19)23(28)29-15-12-24/h3-6,9,11,14,16-17,23,28H,1-2,7-8,10,12-13,15,25H2/b6-5+,18-16+,20-11-,26-14?. The molecule has 0 aromatic carbocycles. The van der Waals surface area contributed by atoms with Gasteiger partial charge < -0.3 is 15.6 Å². The van der Waals surface area contributed by atoms with E-state index >= 15 is 0 Å². The molecule has 0 saturated carbocycles. The zero-order chi connectivity index (χ0) is 21.5. The maximum Gasteiger partial charge on any atom is 0.180 e. The van der Waals surface area contributed by atoms with E-state index in [1.165, 1.54) is 12.3 Å². The summed E-state index contributed by atoms with van der Waals surface area (Å²) >= 11 is 0. The number of ether oxygens (including phenoxy) is 1. The van der Waals surface area contributed by atoms with Crippen molar-refractivity contribution in [1.82, 2.24) is 0 Å². The summed E-state index contributed by atoms with van der Waals surface area (Å²) in [7, 11) is 0. The molecule has 29 heavy (non-hydrogen) atoms. The molecule has 0 saturated heterocycles. The van der Waals surface area contributed by atoms with E-state index in [-0.39, 0.29) is 18.8 Å². The highest BCUT2D eigenvalue weighted by Gasteiger charge is 2.16. The fourth-order valence-corrected chi connectivity index (χ4v) is 2.67. The van der Waals surface area contributed by atoms with Crippen LogP contribution in [0.3, 0.4) is 0 Å². The molecule has 6 heteroatoms. The van der Waals surface area contributed by atoms with E-state index in [1.54, 1.807) is 30.5 Å². The Kier molecular flexibility index (Phi) is 12.1. The topological polar surface area (TPSA) is 84.9 Å². The number of aliphatic hydroxyl groups excluding tert-OH is 1. The van der Waals surface area contributed by atoms with Crippen LogP contribution in [0.25, 0.3) is 0 Å². The van der Waals surface area contributed by atoms with Crippen molar-refractivity contribution in [3.8, 4) is 0 Å². The summed E-state index contributed by atoms with van der Waals surface area (Å²) in [5, 5.41) is 10.1. The molecule has 1 rings (SSSR count). The lowest BCUT2D eigenvalue weighted by Crippen LogP contribution is -2.17. The Morgan fingerprint density at radius 3 is 2.90 bits per heavy atom. The number of rotatable bonds is 13. The Hall–Kier alpha value is -2.67. The molecule has 156 valence electrons. The molecule has 0 spiro atoms. The van der Waals surface area contributed by atoms with Crippen LogP contribution in [0.5, 0.6) is 0 Å². The van der Waals surface area contributed by atoms with Gasteiger partial charge in [0.15, 0.2) is 12.1 Å². The van der Waals surface area contributed by atoms with Crippen LogP contribution in [-0.2, 0) is 9.53 Å². The van der Waals surface area contributed by atoms with Gasteiger partial charge in [0.1, 0.15) is 6.67 Å². The quantitative estimate of drug-likeness (QED) is 0.214. The van der Waals surface area contributed by atoms with E-state index in [4.69, 9.17) is 10.5 Å². The third-order valence-electron chi connectivity index (χ3n) is 4.05. The van der Waals surface area contributed by atoms with E-state index in [2.05, 4.69) is 18.2 Å². The third-order valence-corrected chi connectivity index (χ3v) is 4.05. The summed E-state index contributed by atoms with van der Waals surface area (Å²) < 4.78 is 17.3. The van der Waals surface area contributed by atoms with Crippen LogP contribution in [0.15, 0.2) is 89.2 Å². The van der Waals surface area contributed by atoms with Gasteiger partial charge in [0, 0.05) is 36.5 Å². The van der Waals surface area contributed by atoms with Crippen LogP contribution >= 0.6 is 0 Å². The smallest absolute Gasteiger partial charge is 0.180 e. The van der Waals surface area contributed by atoms with E-state index in [0.29, 0.717) is 24.1 Å². The molecule has 0 aliphatic heterocycles. The first kappa shape index (κ1) is 24.4. The first-order valence-electron chi connectivity index (χ1n) is 9.40. The Morgan fingerprint density at radius 2 is 2.24 bits per heavy atom. The van der Waals surface area contributed by atoms with Crippen LogP contribution < -0.4 is 5.73 Å². The maximum absolute atomic E-state index is 12.5. The molecule has 0 aromatic rings. The van der Waals surface area contributed by atoms with E-state index in [0.717, 1.165) is 17.6 Å². The largest absolute Gasteiger partial charge is 0.364 e. The van der Waals surface area contributed by atoms with Gasteiger partial charge in [-0.15, -0.1) is 0 Å². The van der Waals surface area contributed by atoms with Crippen molar-refractivity contribution in [3.63, 3.8) is 0 Å². The molecule has 0 bridgehead atoms. The maximum atomic E-state index is 12.5. The third kappa shape index (κ3) is 8.91. The predicted octanol–water partition coefficient (Wildman–Crippen LogP) is 3.66. The van der Waals surface area contributed by atoms with Crippen molar-refractivity contribution in [2.24, 2.45) is 10.7 Å².